The monoisotopic (exact) mass is 226 g/mol. The van der Waals surface area contributed by atoms with E-state index in [1.165, 1.54) is 0 Å². The molecule has 0 saturated carbocycles. The lowest BCUT2D eigenvalue weighted by Gasteiger charge is -1.96. The van der Waals surface area contributed by atoms with E-state index >= 15 is 0 Å². The highest BCUT2D eigenvalue weighted by Gasteiger charge is 1.78. The molecule has 2 N–H and O–H groups in total. The average Bonchev–Trinajstić information content (AvgIpc) is 2.21. The minimum Gasteiger partial charge on any atom is -0.412 e. The van der Waals surface area contributed by atoms with E-state index < -0.39 is 0 Å². The maximum Gasteiger partial charge on any atom is 0.0700 e. The molecule has 0 aliphatic carbocycles. The zero-order valence-corrected chi connectivity index (χ0v) is 10.4. The molecule has 0 amide bonds. The summed E-state index contributed by atoms with van der Waals surface area (Å²) < 4.78 is 19.3. The van der Waals surface area contributed by atoms with Crippen LogP contribution in [0.15, 0.2) is 0 Å². The van der Waals surface area contributed by atoms with E-state index in [-0.39, 0.29) is 5.48 Å². The lowest BCUT2D eigenvalue weighted by Crippen LogP contribution is -2.00. The molecule has 96 valence electrons. The molecule has 0 rings (SSSR count). The first-order valence-corrected chi connectivity index (χ1v) is 4.96. The molecule has 0 aliphatic heterocycles. The van der Waals surface area contributed by atoms with Crippen LogP contribution >= 0.6 is 0 Å². The molecule has 0 atom stereocenters. The average molecular weight is 226 g/mol. The Bertz CT molecular complexity index is 62.2. The summed E-state index contributed by atoms with van der Waals surface area (Å²) in [5, 5.41) is 0. The first kappa shape index (κ1) is 20.2. The van der Waals surface area contributed by atoms with Crippen molar-refractivity contribution >= 4 is 0 Å². The molecule has 5 nitrogen and oxygen atoms in total. The molecule has 0 fully saturated rings. The molecular formula is C10H26O5. The Hall–Kier alpha value is -0.200. The van der Waals surface area contributed by atoms with Crippen LogP contribution in [0.2, 0.25) is 0 Å². The summed E-state index contributed by atoms with van der Waals surface area (Å²) in [6.07, 6.45) is 0. The number of rotatable bonds is 8. The van der Waals surface area contributed by atoms with Crippen molar-refractivity contribution in [2.24, 2.45) is 0 Å². The fourth-order valence-corrected chi connectivity index (χ4v) is 0.573. The van der Waals surface area contributed by atoms with Crippen molar-refractivity contribution < 1.29 is 24.4 Å². The lowest BCUT2D eigenvalue weighted by molar-refractivity contribution is 0.0777. The first-order valence-electron chi connectivity index (χ1n) is 4.96. The van der Waals surface area contributed by atoms with Gasteiger partial charge >= 0.3 is 0 Å². The van der Waals surface area contributed by atoms with Crippen LogP contribution in [0.3, 0.4) is 0 Å². The van der Waals surface area contributed by atoms with E-state index in [0.29, 0.717) is 26.4 Å². The van der Waals surface area contributed by atoms with Gasteiger partial charge in [0.1, 0.15) is 0 Å². The summed E-state index contributed by atoms with van der Waals surface area (Å²) in [6.45, 7) is 8.33. The van der Waals surface area contributed by atoms with Gasteiger partial charge in [-0.25, -0.2) is 0 Å². The van der Waals surface area contributed by atoms with Crippen LogP contribution in [0.25, 0.3) is 0 Å². The largest absolute Gasteiger partial charge is 0.412 e. The zero-order chi connectivity index (χ0) is 11.1. The normalized spacial score (nSPS) is 8.80. The van der Waals surface area contributed by atoms with Crippen molar-refractivity contribution in [2.75, 3.05) is 53.9 Å². The third kappa shape index (κ3) is 31.6. The molecule has 5 heteroatoms. The van der Waals surface area contributed by atoms with Gasteiger partial charge in [-0.05, 0) is 13.8 Å². The van der Waals surface area contributed by atoms with Crippen LogP contribution in [0.4, 0.5) is 0 Å². The molecule has 15 heavy (non-hydrogen) atoms. The quantitative estimate of drug-likeness (QED) is 0.566. The summed E-state index contributed by atoms with van der Waals surface area (Å²) in [5.74, 6) is 0. The number of ether oxygens (including phenoxy) is 4. The zero-order valence-electron chi connectivity index (χ0n) is 10.4. The fourth-order valence-electron chi connectivity index (χ4n) is 0.573. The van der Waals surface area contributed by atoms with Crippen LogP contribution in [0.5, 0.6) is 0 Å². The second-order valence-corrected chi connectivity index (χ2v) is 2.38. The van der Waals surface area contributed by atoms with Gasteiger partial charge in [0.15, 0.2) is 0 Å². The minimum atomic E-state index is 0. The Morgan fingerprint density at radius 3 is 1.20 bits per heavy atom. The maximum absolute atomic E-state index is 4.95. The van der Waals surface area contributed by atoms with Crippen molar-refractivity contribution in [1.82, 2.24) is 0 Å². The van der Waals surface area contributed by atoms with Gasteiger partial charge in [0.25, 0.3) is 0 Å². The summed E-state index contributed by atoms with van der Waals surface area (Å²) in [4.78, 5) is 0. The molecule has 0 aromatic carbocycles. The Labute approximate surface area is 93.0 Å². The van der Waals surface area contributed by atoms with E-state index in [0.717, 1.165) is 13.2 Å². The van der Waals surface area contributed by atoms with Gasteiger partial charge in [-0.15, -0.1) is 0 Å². The maximum atomic E-state index is 4.95. The van der Waals surface area contributed by atoms with Crippen molar-refractivity contribution in [2.45, 2.75) is 13.8 Å². The predicted octanol–water partition coefficient (Wildman–Crippen LogP) is 0.514. The number of methoxy groups -OCH3 is 2. The van der Waals surface area contributed by atoms with Crippen molar-refractivity contribution in [3.05, 3.63) is 0 Å². The third-order valence-corrected chi connectivity index (χ3v) is 1.27. The molecule has 0 saturated heterocycles. The Balaban J connectivity index is -0.000000180. The fraction of sp³-hybridized carbons (Fsp3) is 1.00. The van der Waals surface area contributed by atoms with Crippen LogP contribution in [-0.2, 0) is 18.9 Å². The Kier molecular flexibility index (Phi) is 31.8. The minimum absolute atomic E-state index is 0. The molecule has 0 aromatic rings. The molecule has 0 bridgehead atoms. The molecule has 0 unspecified atom stereocenters. The molecular weight excluding hydrogens is 200 g/mol. The summed E-state index contributed by atoms with van der Waals surface area (Å²) in [6, 6.07) is 0. The first-order chi connectivity index (χ1) is 6.83. The summed E-state index contributed by atoms with van der Waals surface area (Å²) >= 11 is 0. The van der Waals surface area contributed by atoms with Crippen LogP contribution in [0.1, 0.15) is 13.8 Å². The van der Waals surface area contributed by atoms with Crippen LogP contribution in [-0.4, -0.2) is 59.3 Å². The second kappa shape index (κ2) is 23.5. The molecule has 0 spiro atoms. The molecule has 0 aromatic heterocycles. The Morgan fingerprint density at radius 1 is 0.667 bits per heavy atom. The standard InChI is InChI=1S/2C5H12O2.H2O/c2*1-3-7-5-4-6-2;/h2*3-5H2,1-2H3;1H2. The second-order valence-electron chi connectivity index (χ2n) is 2.38. The van der Waals surface area contributed by atoms with E-state index in [1.54, 1.807) is 14.2 Å². The summed E-state index contributed by atoms with van der Waals surface area (Å²) in [5.41, 5.74) is 0. The van der Waals surface area contributed by atoms with Gasteiger partial charge in [0, 0.05) is 27.4 Å². The Morgan fingerprint density at radius 2 is 1.00 bits per heavy atom. The van der Waals surface area contributed by atoms with Crippen molar-refractivity contribution in [3.63, 3.8) is 0 Å². The third-order valence-electron chi connectivity index (χ3n) is 1.27. The predicted molar refractivity (Wildman–Crippen MR) is 60.4 cm³/mol. The highest BCUT2D eigenvalue weighted by Crippen LogP contribution is 1.72. The van der Waals surface area contributed by atoms with E-state index in [2.05, 4.69) is 0 Å². The molecule has 0 radical (unpaired) electrons. The van der Waals surface area contributed by atoms with E-state index in [1.807, 2.05) is 13.8 Å². The molecule has 0 aliphatic rings. The van der Waals surface area contributed by atoms with Gasteiger partial charge in [-0.1, -0.05) is 0 Å². The van der Waals surface area contributed by atoms with E-state index in [4.69, 9.17) is 18.9 Å². The van der Waals surface area contributed by atoms with Crippen molar-refractivity contribution in [1.29, 1.82) is 0 Å². The van der Waals surface area contributed by atoms with Gasteiger partial charge in [0.2, 0.25) is 0 Å². The van der Waals surface area contributed by atoms with Gasteiger partial charge < -0.3 is 24.4 Å². The van der Waals surface area contributed by atoms with Gasteiger partial charge in [0.05, 0.1) is 26.4 Å². The number of hydrogen-bond acceptors (Lipinski definition) is 4. The molecule has 0 heterocycles. The van der Waals surface area contributed by atoms with Crippen molar-refractivity contribution in [3.8, 4) is 0 Å². The van der Waals surface area contributed by atoms with Crippen LogP contribution < -0.4 is 0 Å². The number of hydrogen-bond donors (Lipinski definition) is 0. The van der Waals surface area contributed by atoms with Gasteiger partial charge in [-0.3, -0.25) is 0 Å². The van der Waals surface area contributed by atoms with Gasteiger partial charge in [-0.2, -0.15) is 0 Å². The lowest BCUT2D eigenvalue weighted by atomic mass is 10.7. The van der Waals surface area contributed by atoms with E-state index in [9.17, 15) is 0 Å². The SMILES string of the molecule is CCOCCOC.CCOCCOC.O. The van der Waals surface area contributed by atoms with Crippen LogP contribution in [0, 0.1) is 0 Å². The smallest absolute Gasteiger partial charge is 0.0700 e. The highest BCUT2D eigenvalue weighted by molar-refractivity contribution is 4.22. The summed E-state index contributed by atoms with van der Waals surface area (Å²) in [7, 11) is 3.33. The highest BCUT2D eigenvalue weighted by atomic mass is 16.5. The topological polar surface area (TPSA) is 68.4 Å².